The molecule has 0 aliphatic carbocycles. The Hall–Kier alpha value is -1.20. The van der Waals surface area contributed by atoms with Crippen molar-refractivity contribution in [2.75, 3.05) is 13.2 Å². The Morgan fingerprint density at radius 1 is 0.952 bits per heavy atom. The third kappa shape index (κ3) is 9.37. The van der Waals surface area contributed by atoms with Crippen molar-refractivity contribution in [2.45, 2.75) is 32.1 Å². The van der Waals surface area contributed by atoms with Crippen LogP contribution in [-0.2, 0) is 13.8 Å². The number of carbonyl (C=O) groups is 1. The molecule has 0 radical (unpaired) electrons. The van der Waals surface area contributed by atoms with Crippen LogP contribution in [0.2, 0.25) is 0 Å². The van der Waals surface area contributed by atoms with Gasteiger partial charge in [0, 0.05) is 0 Å². The Bertz CT molecular complexity index is 456. The van der Waals surface area contributed by atoms with Gasteiger partial charge in [0.2, 0.25) is 0 Å². The molecule has 1 aromatic carbocycles. The quantitative estimate of drug-likeness (QED) is 0.392. The van der Waals surface area contributed by atoms with Crippen LogP contribution in [0.5, 0.6) is 0 Å². The minimum absolute atomic E-state index is 0.0628. The Morgan fingerprint density at radius 2 is 1.52 bits per heavy atom. The molecule has 0 spiro atoms. The Balaban J connectivity index is 1.96. The molecule has 0 heterocycles. The van der Waals surface area contributed by atoms with Gasteiger partial charge < -0.3 is 14.5 Å². The minimum atomic E-state index is -4.33. The van der Waals surface area contributed by atoms with E-state index in [0.717, 1.165) is 25.7 Å². The van der Waals surface area contributed by atoms with Gasteiger partial charge in [-0.05, 0) is 25.0 Å². The summed E-state index contributed by atoms with van der Waals surface area (Å²) in [5.41, 5.74) is 0.548. The number of hydrogen-bond acceptors (Lipinski definition) is 4. The van der Waals surface area contributed by atoms with Crippen LogP contribution >= 0.6 is 7.82 Å². The van der Waals surface area contributed by atoms with E-state index in [4.69, 9.17) is 14.5 Å². The molecule has 0 aliphatic heterocycles. The number of hydrogen-bond donors (Lipinski definition) is 2. The summed E-state index contributed by atoms with van der Waals surface area (Å²) in [5, 5.41) is 0. The summed E-state index contributed by atoms with van der Waals surface area (Å²) in [7, 11) is -4.33. The van der Waals surface area contributed by atoms with Crippen LogP contribution in [0.1, 0.15) is 42.5 Å². The molecule has 6 nitrogen and oxygen atoms in total. The second-order valence-electron chi connectivity index (χ2n) is 4.59. The third-order valence-corrected chi connectivity index (χ3v) is 3.31. The zero-order chi connectivity index (χ0) is 15.6. The van der Waals surface area contributed by atoms with Gasteiger partial charge in [-0.2, -0.15) is 0 Å². The summed E-state index contributed by atoms with van der Waals surface area (Å²) in [6.45, 7) is 0.444. The van der Waals surface area contributed by atoms with Gasteiger partial charge in [0.15, 0.2) is 0 Å². The number of phosphoric acid groups is 1. The molecule has 0 fully saturated rings. The van der Waals surface area contributed by atoms with Crippen molar-refractivity contribution in [3.63, 3.8) is 0 Å². The first kappa shape index (κ1) is 17.9. The van der Waals surface area contributed by atoms with E-state index in [1.807, 2.05) is 6.07 Å². The number of rotatable bonds is 10. The molecular weight excluding hydrogens is 295 g/mol. The van der Waals surface area contributed by atoms with E-state index in [1.54, 1.807) is 24.3 Å². The lowest BCUT2D eigenvalue weighted by molar-refractivity contribution is 0.0497. The Morgan fingerprint density at radius 3 is 2.14 bits per heavy atom. The van der Waals surface area contributed by atoms with Gasteiger partial charge in [-0.1, -0.05) is 37.5 Å². The fraction of sp³-hybridized carbons (Fsp3) is 0.500. The maximum Gasteiger partial charge on any atom is 0.469 e. The fourth-order valence-corrected chi connectivity index (χ4v) is 2.11. The first-order valence-corrected chi connectivity index (χ1v) is 8.44. The van der Waals surface area contributed by atoms with E-state index < -0.39 is 7.82 Å². The zero-order valence-corrected chi connectivity index (χ0v) is 12.7. The molecule has 0 aliphatic rings. The predicted octanol–water partition coefficient (Wildman–Crippen LogP) is 2.90. The number of benzene rings is 1. The summed E-state index contributed by atoms with van der Waals surface area (Å²) < 4.78 is 19.9. The van der Waals surface area contributed by atoms with Gasteiger partial charge in [-0.15, -0.1) is 0 Å². The van der Waals surface area contributed by atoms with Crippen molar-refractivity contribution in [3.05, 3.63) is 35.9 Å². The fourth-order valence-electron chi connectivity index (χ4n) is 1.74. The SMILES string of the molecule is O=C(OCCCCCCCOP(=O)(O)O)c1ccccc1. The molecule has 7 heteroatoms. The number of phosphoric ester groups is 1. The molecule has 0 unspecified atom stereocenters. The minimum Gasteiger partial charge on any atom is -0.462 e. The van der Waals surface area contributed by atoms with Crippen LogP contribution in [-0.4, -0.2) is 29.0 Å². The van der Waals surface area contributed by atoms with Crippen LogP contribution in [0.3, 0.4) is 0 Å². The highest BCUT2D eigenvalue weighted by molar-refractivity contribution is 7.46. The third-order valence-electron chi connectivity index (χ3n) is 2.79. The summed E-state index contributed by atoms with van der Waals surface area (Å²) >= 11 is 0. The maximum absolute atomic E-state index is 11.6. The Labute approximate surface area is 124 Å². The topological polar surface area (TPSA) is 93.1 Å². The van der Waals surface area contributed by atoms with Crippen LogP contribution in [0.25, 0.3) is 0 Å². The molecule has 0 bridgehead atoms. The molecule has 1 aromatic rings. The highest BCUT2D eigenvalue weighted by Crippen LogP contribution is 2.35. The normalized spacial score (nSPS) is 11.3. The molecule has 21 heavy (non-hydrogen) atoms. The summed E-state index contributed by atoms with van der Waals surface area (Å²) in [6.07, 6.45) is 4.02. The second kappa shape index (κ2) is 9.68. The molecule has 0 saturated carbocycles. The van der Waals surface area contributed by atoms with E-state index in [0.29, 0.717) is 18.6 Å². The van der Waals surface area contributed by atoms with E-state index in [2.05, 4.69) is 4.52 Å². The average Bonchev–Trinajstić information content (AvgIpc) is 2.45. The largest absolute Gasteiger partial charge is 0.469 e. The Kier molecular flexibility index (Phi) is 8.23. The van der Waals surface area contributed by atoms with E-state index in [1.165, 1.54) is 0 Å². The van der Waals surface area contributed by atoms with E-state index >= 15 is 0 Å². The van der Waals surface area contributed by atoms with Crippen molar-refractivity contribution in [3.8, 4) is 0 Å². The first-order valence-electron chi connectivity index (χ1n) is 6.91. The maximum atomic E-state index is 11.6. The highest BCUT2D eigenvalue weighted by Gasteiger charge is 2.12. The van der Waals surface area contributed by atoms with Crippen LogP contribution in [0, 0.1) is 0 Å². The summed E-state index contributed by atoms with van der Waals surface area (Å²) in [4.78, 5) is 28.6. The average molecular weight is 316 g/mol. The number of unbranched alkanes of at least 4 members (excludes halogenated alkanes) is 4. The van der Waals surface area contributed by atoms with Crippen LogP contribution < -0.4 is 0 Å². The first-order chi connectivity index (χ1) is 9.99. The highest BCUT2D eigenvalue weighted by atomic mass is 31.2. The molecule has 2 N–H and O–H groups in total. The summed E-state index contributed by atoms with van der Waals surface area (Å²) in [5.74, 6) is -0.314. The molecular formula is C14H21O6P. The molecule has 1 rings (SSSR count). The lowest BCUT2D eigenvalue weighted by atomic mass is 10.1. The standard InChI is InChI=1S/C14H21O6P/c15-14(13-9-5-4-6-10-13)19-11-7-2-1-3-8-12-20-21(16,17)18/h4-6,9-10H,1-3,7-8,11-12H2,(H2,16,17,18). The van der Waals surface area contributed by atoms with Crippen molar-refractivity contribution >= 4 is 13.8 Å². The monoisotopic (exact) mass is 316 g/mol. The van der Waals surface area contributed by atoms with Crippen molar-refractivity contribution in [2.24, 2.45) is 0 Å². The van der Waals surface area contributed by atoms with E-state index in [-0.39, 0.29) is 12.6 Å². The van der Waals surface area contributed by atoms with Gasteiger partial charge >= 0.3 is 13.8 Å². The molecule has 0 aromatic heterocycles. The molecule has 0 saturated heterocycles. The number of esters is 1. The van der Waals surface area contributed by atoms with Crippen molar-refractivity contribution < 1.29 is 28.4 Å². The lowest BCUT2D eigenvalue weighted by Gasteiger charge is -2.06. The summed E-state index contributed by atoms with van der Waals surface area (Å²) in [6, 6.07) is 8.84. The van der Waals surface area contributed by atoms with Gasteiger partial charge in [-0.25, -0.2) is 9.36 Å². The van der Waals surface area contributed by atoms with Crippen LogP contribution in [0.4, 0.5) is 0 Å². The zero-order valence-electron chi connectivity index (χ0n) is 11.8. The van der Waals surface area contributed by atoms with Gasteiger partial charge in [0.1, 0.15) is 0 Å². The van der Waals surface area contributed by atoms with Crippen molar-refractivity contribution in [1.29, 1.82) is 0 Å². The number of ether oxygens (including phenoxy) is 1. The van der Waals surface area contributed by atoms with Gasteiger partial charge in [0.25, 0.3) is 0 Å². The molecule has 0 atom stereocenters. The van der Waals surface area contributed by atoms with Crippen LogP contribution in [0.15, 0.2) is 30.3 Å². The predicted molar refractivity (Wildman–Crippen MR) is 77.8 cm³/mol. The molecule has 118 valence electrons. The number of carbonyl (C=O) groups excluding carboxylic acids is 1. The molecule has 0 amide bonds. The second-order valence-corrected chi connectivity index (χ2v) is 5.83. The van der Waals surface area contributed by atoms with Crippen molar-refractivity contribution in [1.82, 2.24) is 0 Å². The smallest absolute Gasteiger partial charge is 0.462 e. The lowest BCUT2D eigenvalue weighted by Crippen LogP contribution is -2.06. The van der Waals surface area contributed by atoms with Gasteiger partial charge in [0.05, 0.1) is 18.8 Å². The van der Waals surface area contributed by atoms with Gasteiger partial charge in [-0.3, -0.25) is 4.52 Å². The van der Waals surface area contributed by atoms with E-state index in [9.17, 15) is 9.36 Å².